The average Bonchev–Trinajstić information content (AvgIpc) is 2.80. The van der Waals surface area contributed by atoms with Crippen LogP contribution in [0.4, 0.5) is 0 Å². The Bertz CT molecular complexity index is 972. The van der Waals surface area contributed by atoms with Crippen LogP contribution in [-0.4, -0.2) is 31.7 Å². The minimum Gasteiger partial charge on any atom is -0.311 e. The van der Waals surface area contributed by atoms with E-state index >= 15 is 0 Å². The first kappa shape index (κ1) is 22.5. The summed E-state index contributed by atoms with van der Waals surface area (Å²) in [5.74, 6) is 0.729. The van der Waals surface area contributed by atoms with Gasteiger partial charge >= 0.3 is 0 Å². The zero-order valence-corrected chi connectivity index (χ0v) is 18.2. The maximum absolute atomic E-state index is 12.5. The third-order valence-corrected chi connectivity index (χ3v) is 6.80. The van der Waals surface area contributed by atoms with Crippen LogP contribution in [0.2, 0.25) is 0 Å². The molecular weight excluding hydrogens is 416 g/mol. The van der Waals surface area contributed by atoms with E-state index < -0.39 is 10.0 Å². The van der Waals surface area contributed by atoms with E-state index in [1.807, 2.05) is 36.4 Å². The van der Waals surface area contributed by atoms with Crippen LogP contribution in [0.25, 0.3) is 0 Å². The van der Waals surface area contributed by atoms with Crippen LogP contribution in [0.1, 0.15) is 12.1 Å². The van der Waals surface area contributed by atoms with Gasteiger partial charge in [-0.05, 0) is 49.4 Å². The lowest BCUT2D eigenvalue weighted by Gasteiger charge is -2.19. The summed E-state index contributed by atoms with van der Waals surface area (Å²) in [5, 5.41) is 3.37. The van der Waals surface area contributed by atoms with Crippen molar-refractivity contribution in [3.05, 3.63) is 90.8 Å². The van der Waals surface area contributed by atoms with Crippen molar-refractivity contribution in [2.24, 2.45) is 0 Å². The maximum atomic E-state index is 12.5. The minimum absolute atomic E-state index is 0.0510. The largest absolute Gasteiger partial charge is 0.311 e. The Morgan fingerprint density at radius 1 is 0.900 bits per heavy atom. The molecule has 3 rings (SSSR count). The molecule has 30 heavy (non-hydrogen) atoms. The first-order valence-corrected chi connectivity index (χ1v) is 12.2. The minimum atomic E-state index is -3.61. The molecular formula is C22H26N4O2S2. The molecule has 2 aromatic carbocycles. The highest BCUT2D eigenvalue weighted by Gasteiger charge is 2.16. The van der Waals surface area contributed by atoms with Gasteiger partial charge in [0.1, 0.15) is 0 Å². The van der Waals surface area contributed by atoms with E-state index in [4.69, 9.17) is 0 Å². The van der Waals surface area contributed by atoms with Crippen molar-refractivity contribution in [1.29, 1.82) is 0 Å². The normalized spacial score (nSPS) is 12.5. The summed E-state index contributed by atoms with van der Waals surface area (Å²) in [6.07, 6.45) is 2.53. The third-order valence-electron chi connectivity index (χ3n) is 4.35. The number of rotatable bonds is 12. The van der Waals surface area contributed by atoms with Crippen LogP contribution < -0.4 is 15.6 Å². The fourth-order valence-electron chi connectivity index (χ4n) is 2.73. The van der Waals surface area contributed by atoms with Crippen molar-refractivity contribution in [3.63, 3.8) is 0 Å². The van der Waals surface area contributed by atoms with Gasteiger partial charge in [-0.15, -0.1) is 16.6 Å². The fourth-order valence-corrected chi connectivity index (χ4v) is 4.67. The Kier molecular flexibility index (Phi) is 8.85. The molecule has 0 spiro atoms. The molecule has 3 aromatic rings. The number of nitrogens with one attached hydrogen (secondary N) is 3. The number of hydrazine groups is 1. The number of pyridine rings is 1. The summed E-state index contributed by atoms with van der Waals surface area (Å²) in [7, 11) is -3.61. The van der Waals surface area contributed by atoms with Crippen LogP contribution in [-0.2, 0) is 16.6 Å². The molecule has 6 nitrogen and oxygen atoms in total. The van der Waals surface area contributed by atoms with Crippen molar-refractivity contribution < 1.29 is 8.42 Å². The first-order chi connectivity index (χ1) is 14.6. The van der Waals surface area contributed by atoms with E-state index in [1.54, 1.807) is 48.3 Å². The van der Waals surface area contributed by atoms with E-state index in [9.17, 15) is 8.42 Å². The predicted molar refractivity (Wildman–Crippen MR) is 121 cm³/mol. The van der Waals surface area contributed by atoms with E-state index in [2.05, 4.69) is 32.7 Å². The van der Waals surface area contributed by atoms with Crippen molar-refractivity contribution in [2.75, 3.05) is 12.3 Å². The van der Waals surface area contributed by atoms with Gasteiger partial charge in [0.15, 0.2) is 0 Å². The van der Waals surface area contributed by atoms with Gasteiger partial charge in [-0.25, -0.2) is 13.8 Å². The molecule has 1 heterocycles. The van der Waals surface area contributed by atoms with Gasteiger partial charge < -0.3 is 5.32 Å². The molecule has 3 N–H and O–H groups in total. The number of benzene rings is 2. The molecule has 0 amide bonds. The average molecular weight is 443 g/mol. The Labute approximate surface area is 182 Å². The number of thioether (sulfide) groups is 1. The predicted octanol–water partition coefficient (Wildman–Crippen LogP) is 3.21. The second kappa shape index (κ2) is 11.8. The van der Waals surface area contributed by atoms with Crippen molar-refractivity contribution >= 4 is 21.8 Å². The number of aromatic nitrogens is 1. The van der Waals surface area contributed by atoms with Crippen LogP contribution in [0, 0.1) is 0 Å². The van der Waals surface area contributed by atoms with Crippen molar-refractivity contribution in [1.82, 2.24) is 20.6 Å². The van der Waals surface area contributed by atoms with E-state index in [-0.39, 0.29) is 10.9 Å². The summed E-state index contributed by atoms with van der Waals surface area (Å²) >= 11 is 1.69. The Hall–Kier alpha value is -2.23. The van der Waals surface area contributed by atoms with E-state index in [0.29, 0.717) is 6.54 Å². The summed E-state index contributed by atoms with van der Waals surface area (Å²) in [6.45, 7) is 1.41. The monoisotopic (exact) mass is 442 g/mol. The Balaban J connectivity index is 1.54. The fraction of sp³-hybridized carbons (Fsp3) is 0.227. The molecule has 0 radical (unpaired) electrons. The first-order valence-electron chi connectivity index (χ1n) is 9.74. The zero-order chi connectivity index (χ0) is 21.1. The van der Waals surface area contributed by atoms with Gasteiger partial charge in [0, 0.05) is 29.4 Å². The number of hydrogen-bond acceptors (Lipinski definition) is 6. The molecule has 0 saturated carbocycles. The highest BCUT2D eigenvalue weighted by Crippen LogP contribution is 2.18. The molecule has 0 aliphatic carbocycles. The van der Waals surface area contributed by atoms with E-state index in [1.165, 1.54) is 0 Å². The Morgan fingerprint density at radius 2 is 1.60 bits per heavy atom. The molecule has 1 aromatic heterocycles. The standard InChI is InChI=1S/C22H26N4O2S2/c27-30(28,22-12-5-2-6-13-22)26-25-20(18-29-21-10-3-1-4-11-21)14-16-23-17-19-9-7-8-15-24-19/h1-13,15,20,23,25-26H,14,16-18H2. The molecule has 1 atom stereocenters. The second-order valence-corrected chi connectivity index (χ2v) is 9.45. The highest BCUT2D eigenvalue weighted by molar-refractivity contribution is 7.99. The lowest BCUT2D eigenvalue weighted by Crippen LogP contribution is -2.46. The van der Waals surface area contributed by atoms with Gasteiger partial charge in [-0.1, -0.05) is 42.5 Å². The van der Waals surface area contributed by atoms with Gasteiger partial charge in [0.05, 0.1) is 10.6 Å². The summed E-state index contributed by atoms with van der Waals surface area (Å²) in [5.41, 5.74) is 3.99. The number of sulfonamides is 1. The summed E-state index contributed by atoms with van der Waals surface area (Å²) < 4.78 is 25.0. The SMILES string of the molecule is O=S(=O)(NNC(CCNCc1ccccn1)CSc1ccccc1)c1ccccc1. The number of hydrogen-bond donors (Lipinski definition) is 3. The van der Waals surface area contributed by atoms with Crippen LogP contribution >= 0.6 is 11.8 Å². The van der Waals surface area contributed by atoms with E-state index in [0.717, 1.165) is 29.3 Å². The highest BCUT2D eigenvalue weighted by atomic mass is 32.2. The van der Waals surface area contributed by atoms with Gasteiger partial charge in [-0.2, -0.15) is 0 Å². The molecule has 158 valence electrons. The summed E-state index contributed by atoms with van der Waals surface area (Å²) in [6, 6.07) is 24.2. The lowest BCUT2D eigenvalue weighted by molar-refractivity contribution is 0.470. The number of nitrogens with zero attached hydrogens (tertiary/aromatic N) is 1. The topological polar surface area (TPSA) is 83.1 Å². The lowest BCUT2D eigenvalue weighted by atomic mass is 10.2. The van der Waals surface area contributed by atoms with Crippen LogP contribution in [0.15, 0.2) is 94.9 Å². The van der Waals surface area contributed by atoms with Crippen molar-refractivity contribution in [3.8, 4) is 0 Å². The Morgan fingerprint density at radius 3 is 2.30 bits per heavy atom. The van der Waals surface area contributed by atoms with Crippen LogP contribution in [0.5, 0.6) is 0 Å². The molecule has 1 unspecified atom stereocenters. The molecule has 0 fully saturated rings. The quantitative estimate of drug-likeness (QED) is 0.227. The smallest absolute Gasteiger partial charge is 0.253 e. The molecule has 8 heteroatoms. The molecule has 0 aliphatic heterocycles. The molecule has 0 aliphatic rings. The molecule has 0 saturated heterocycles. The summed E-state index contributed by atoms with van der Waals surface area (Å²) in [4.78, 5) is 8.22. The zero-order valence-electron chi connectivity index (χ0n) is 16.6. The third kappa shape index (κ3) is 7.55. The van der Waals surface area contributed by atoms with Gasteiger partial charge in [-0.3, -0.25) is 4.98 Å². The second-order valence-electron chi connectivity index (χ2n) is 6.67. The van der Waals surface area contributed by atoms with Gasteiger partial charge in [0.25, 0.3) is 10.0 Å². The van der Waals surface area contributed by atoms with Crippen molar-refractivity contribution in [2.45, 2.75) is 28.8 Å². The molecule has 0 bridgehead atoms. The maximum Gasteiger partial charge on any atom is 0.253 e. The van der Waals surface area contributed by atoms with Gasteiger partial charge in [0.2, 0.25) is 0 Å². The van der Waals surface area contributed by atoms with Crippen LogP contribution in [0.3, 0.4) is 0 Å².